The summed E-state index contributed by atoms with van der Waals surface area (Å²) in [7, 11) is 1.32. The molecule has 0 saturated carbocycles. The summed E-state index contributed by atoms with van der Waals surface area (Å²) in [6.07, 6.45) is -10.0. The summed E-state index contributed by atoms with van der Waals surface area (Å²) < 4.78 is 84.0. The standard InChI is InChI=1S/C23H16Cl2F6N4O2S/c1-37-19-5-3-14(33-20(36)32-13-2-4-16(24)17(25)9-13)10-18(19)35-21(38)34-15-7-11(22(26,27)28)6-12(8-15)23(29,30)31/h2-10H,1H3,(H2,32,33,36)(H2,34,35,38). The lowest BCUT2D eigenvalue weighted by molar-refractivity contribution is -0.143. The predicted molar refractivity (Wildman–Crippen MR) is 138 cm³/mol. The molecular formula is C23H16Cl2F6N4O2S. The highest BCUT2D eigenvalue weighted by Crippen LogP contribution is 2.38. The Balaban J connectivity index is 1.77. The molecule has 0 fully saturated rings. The Bertz CT molecular complexity index is 1340. The number of amides is 2. The van der Waals surface area contributed by atoms with Gasteiger partial charge in [-0.05, 0) is 66.8 Å². The fourth-order valence-electron chi connectivity index (χ4n) is 3.06. The quantitative estimate of drug-likeness (QED) is 0.175. The summed E-state index contributed by atoms with van der Waals surface area (Å²) in [6, 6.07) is 9.11. The molecule has 4 N–H and O–H groups in total. The molecule has 0 aliphatic rings. The largest absolute Gasteiger partial charge is 0.495 e. The molecule has 3 rings (SSSR count). The molecule has 202 valence electrons. The molecule has 0 aliphatic heterocycles. The maximum absolute atomic E-state index is 13.1. The van der Waals surface area contributed by atoms with E-state index in [4.69, 9.17) is 40.2 Å². The number of carbonyl (C=O) groups is 1. The Labute approximate surface area is 227 Å². The number of alkyl halides is 6. The molecule has 0 saturated heterocycles. The molecule has 0 radical (unpaired) electrons. The average molecular weight is 597 g/mol. The van der Waals surface area contributed by atoms with Crippen LogP contribution >= 0.6 is 35.4 Å². The summed E-state index contributed by atoms with van der Waals surface area (Å²) in [5, 5.41) is 10.2. The number of halogens is 8. The van der Waals surface area contributed by atoms with Gasteiger partial charge >= 0.3 is 18.4 Å². The molecule has 0 aliphatic carbocycles. The Morgan fingerprint density at radius 1 is 0.737 bits per heavy atom. The first-order valence-electron chi connectivity index (χ1n) is 10.2. The molecule has 15 heteroatoms. The molecule has 0 unspecified atom stereocenters. The van der Waals surface area contributed by atoms with Crippen molar-refractivity contribution in [3.05, 3.63) is 75.8 Å². The third-order valence-electron chi connectivity index (χ3n) is 4.73. The normalized spacial score (nSPS) is 11.5. The van der Waals surface area contributed by atoms with E-state index >= 15 is 0 Å². The lowest BCUT2D eigenvalue weighted by Crippen LogP contribution is -2.22. The molecule has 0 spiro atoms. The Morgan fingerprint density at radius 2 is 1.29 bits per heavy atom. The molecule has 0 atom stereocenters. The second-order valence-corrected chi connectivity index (χ2v) is 8.72. The zero-order valence-corrected chi connectivity index (χ0v) is 21.3. The lowest BCUT2D eigenvalue weighted by atomic mass is 10.1. The number of methoxy groups -OCH3 is 1. The SMILES string of the molecule is COc1ccc(NC(=O)Nc2ccc(Cl)c(Cl)c2)cc1NC(=S)Nc1cc(C(F)(F)F)cc(C(F)(F)F)c1. The number of nitrogens with one attached hydrogen (secondary N) is 4. The Morgan fingerprint density at radius 3 is 1.82 bits per heavy atom. The predicted octanol–water partition coefficient (Wildman–Crippen LogP) is 8.49. The fraction of sp³-hybridized carbons (Fsp3) is 0.130. The number of anilines is 4. The highest BCUT2D eigenvalue weighted by molar-refractivity contribution is 7.80. The molecular weight excluding hydrogens is 581 g/mol. The summed E-state index contributed by atoms with van der Waals surface area (Å²) in [5.74, 6) is 0.213. The van der Waals surface area contributed by atoms with Gasteiger partial charge in [0.05, 0.1) is 34.0 Å². The highest BCUT2D eigenvalue weighted by Gasteiger charge is 2.37. The van der Waals surface area contributed by atoms with Crippen LogP contribution in [0.25, 0.3) is 0 Å². The van der Waals surface area contributed by atoms with E-state index in [1.165, 1.54) is 43.5 Å². The van der Waals surface area contributed by atoms with Crippen molar-refractivity contribution in [1.29, 1.82) is 0 Å². The van der Waals surface area contributed by atoms with Crippen LogP contribution in [0.1, 0.15) is 11.1 Å². The minimum atomic E-state index is -5.02. The van der Waals surface area contributed by atoms with Crippen molar-refractivity contribution in [2.75, 3.05) is 28.4 Å². The number of hydrogen-bond donors (Lipinski definition) is 4. The first-order chi connectivity index (χ1) is 17.7. The monoisotopic (exact) mass is 596 g/mol. The van der Waals surface area contributed by atoms with Crippen LogP contribution in [0.15, 0.2) is 54.6 Å². The van der Waals surface area contributed by atoms with Crippen molar-refractivity contribution in [3.63, 3.8) is 0 Å². The molecule has 6 nitrogen and oxygen atoms in total. The number of thiocarbonyl (C=S) groups is 1. The summed E-state index contributed by atoms with van der Waals surface area (Å²) in [4.78, 5) is 12.4. The smallest absolute Gasteiger partial charge is 0.416 e. The Hall–Kier alpha value is -3.42. The number of benzene rings is 3. The third kappa shape index (κ3) is 7.79. The first kappa shape index (κ1) is 29.1. The van der Waals surface area contributed by atoms with Crippen LogP contribution < -0.4 is 26.0 Å². The average Bonchev–Trinajstić information content (AvgIpc) is 2.80. The van der Waals surface area contributed by atoms with Gasteiger partial charge in [0.2, 0.25) is 0 Å². The maximum Gasteiger partial charge on any atom is 0.416 e. The van der Waals surface area contributed by atoms with Crippen molar-refractivity contribution in [3.8, 4) is 5.75 Å². The number of hydrogen-bond acceptors (Lipinski definition) is 3. The van der Waals surface area contributed by atoms with Gasteiger partial charge < -0.3 is 26.0 Å². The topological polar surface area (TPSA) is 74.4 Å². The van der Waals surface area contributed by atoms with Gasteiger partial charge in [-0.3, -0.25) is 0 Å². The van der Waals surface area contributed by atoms with E-state index < -0.39 is 35.2 Å². The van der Waals surface area contributed by atoms with Crippen LogP contribution in [0.2, 0.25) is 10.0 Å². The molecule has 38 heavy (non-hydrogen) atoms. The van der Waals surface area contributed by atoms with Gasteiger partial charge in [-0.15, -0.1) is 0 Å². The van der Waals surface area contributed by atoms with Crippen LogP contribution in [-0.4, -0.2) is 18.3 Å². The van der Waals surface area contributed by atoms with E-state index in [1.54, 1.807) is 0 Å². The van der Waals surface area contributed by atoms with Crippen LogP contribution in [0.4, 0.5) is 53.9 Å². The van der Waals surface area contributed by atoms with Crippen LogP contribution in [0.3, 0.4) is 0 Å². The summed E-state index contributed by atoms with van der Waals surface area (Å²) in [6.45, 7) is 0. The molecule has 3 aromatic rings. The van der Waals surface area contributed by atoms with Gasteiger partial charge in [0.25, 0.3) is 0 Å². The highest BCUT2D eigenvalue weighted by atomic mass is 35.5. The lowest BCUT2D eigenvalue weighted by Gasteiger charge is -2.17. The maximum atomic E-state index is 13.1. The zero-order chi connectivity index (χ0) is 28.3. The Kier molecular flexibility index (Phi) is 8.85. The van der Waals surface area contributed by atoms with Crippen LogP contribution in [0.5, 0.6) is 5.75 Å². The second-order valence-electron chi connectivity index (χ2n) is 7.50. The van der Waals surface area contributed by atoms with E-state index in [0.29, 0.717) is 22.8 Å². The second kappa shape index (κ2) is 11.5. The van der Waals surface area contributed by atoms with Gasteiger partial charge in [-0.25, -0.2) is 4.79 Å². The summed E-state index contributed by atoms with van der Waals surface area (Å²) >= 11 is 16.8. The number of rotatable bonds is 5. The molecule has 0 aromatic heterocycles. The van der Waals surface area contributed by atoms with Crippen molar-refractivity contribution in [1.82, 2.24) is 0 Å². The summed E-state index contributed by atoms with van der Waals surface area (Å²) in [5.41, 5.74) is -2.80. The van der Waals surface area contributed by atoms with Gasteiger partial charge in [0, 0.05) is 17.1 Å². The minimum absolute atomic E-state index is 0.00284. The van der Waals surface area contributed by atoms with Gasteiger partial charge in [-0.2, -0.15) is 26.3 Å². The van der Waals surface area contributed by atoms with Crippen molar-refractivity contribution >= 4 is 69.3 Å². The molecule has 2 amide bonds. The van der Waals surface area contributed by atoms with E-state index in [-0.39, 0.29) is 33.3 Å². The molecule has 3 aromatic carbocycles. The van der Waals surface area contributed by atoms with Gasteiger partial charge in [0.15, 0.2) is 5.11 Å². The van der Waals surface area contributed by atoms with Crippen LogP contribution in [-0.2, 0) is 12.4 Å². The molecule has 0 heterocycles. The molecule has 0 bridgehead atoms. The van der Waals surface area contributed by atoms with E-state index in [9.17, 15) is 31.1 Å². The fourth-order valence-corrected chi connectivity index (χ4v) is 3.59. The first-order valence-corrected chi connectivity index (χ1v) is 11.4. The van der Waals surface area contributed by atoms with Gasteiger partial charge in [0.1, 0.15) is 5.75 Å². The van der Waals surface area contributed by atoms with E-state index in [2.05, 4.69) is 21.3 Å². The third-order valence-corrected chi connectivity index (χ3v) is 5.67. The zero-order valence-electron chi connectivity index (χ0n) is 18.9. The number of ether oxygens (including phenoxy) is 1. The van der Waals surface area contributed by atoms with E-state index in [1.807, 2.05) is 0 Å². The van der Waals surface area contributed by atoms with E-state index in [0.717, 1.165) is 0 Å². The van der Waals surface area contributed by atoms with Crippen LogP contribution in [0, 0.1) is 0 Å². The number of carbonyl (C=O) groups excluding carboxylic acids is 1. The number of urea groups is 1. The van der Waals surface area contributed by atoms with Gasteiger partial charge in [-0.1, -0.05) is 23.2 Å². The van der Waals surface area contributed by atoms with Crippen molar-refractivity contribution in [2.45, 2.75) is 12.4 Å². The van der Waals surface area contributed by atoms with Crippen molar-refractivity contribution < 1.29 is 35.9 Å². The van der Waals surface area contributed by atoms with Crippen molar-refractivity contribution in [2.24, 2.45) is 0 Å². The minimum Gasteiger partial charge on any atom is -0.495 e.